The third-order valence-corrected chi connectivity index (χ3v) is 3.29. The fraction of sp³-hybridized carbons (Fsp3) is 0.0833. The first-order chi connectivity index (χ1) is 9.13. The zero-order valence-electron chi connectivity index (χ0n) is 9.85. The van der Waals surface area contributed by atoms with Crippen molar-refractivity contribution in [2.24, 2.45) is 0 Å². The monoisotopic (exact) mass is 341 g/mol. The van der Waals surface area contributed by atoms with Gasteiger partial charge < -0.3 is 10.1 Å². The maximum Gasteiger partial charge on any atom is 0.262 e. The fourth-order valence-corrected chi connectivity index (χ4v) is 2.24. The van der Waals surface area contributed by atoms with E-state index in [-0.39, 0.29) is 11.4 Å². The average Bonchev–Trinajstić information content (AvgIpc) is 2.42. The highest BCUT2D eigenvalue weighted by Gasteiger charge is 2.16. The maximum absolute atomic E-state index is 12.1. The summed E-state index contributed by atoms with van der Waals surface area (Å²) < 4.78 is 5.69. The Labute approximate surface area is 123 Å². The molecule has 0 aliphatic rings. The molecule has 0 bridgehead atoms. The molecule has 0 atom stereocenters. The van der Waals surface area contributed by atoms with Crippen molar-refractivity contribution in [3.8, 4) is 5.88 Å². The van der Waals surface area contributed by atoms with Crippen LogP contribution in [0.5, 0.6) is 5.88 Å². The number of nitrogens with one attached hydrogen (secondary N) is 1. The zero-order chi connectivity index (χ0) is 13.8. The Morgan fingerprint density at radius 1 is 1.47 bits per heavy atom. The van der Waals surface area contributed by atoms with Crippen molar-refractivity contribution in [2.75, 3.05) is 12.4 Å². The average molecular weight is 343 g/mol. The van der Waals surface area contributed by atoms with Crippen molar-refractivity contribution in [1.29, 1.82) is 0 Å². The largest absolute Gasteiger partial charge is 0.480 e. The summed E-state index contributed by atoms with van der Waals surface area (Å²) in [6, 6.07) is 5.23. The second-order valence-electron chi connectivity index (χ2n) is 3.50. The van der Waals surface area contributed by atoms with E-state index < -0.39 is 5.91 Å². The van der Waals surface area contributed by atoms with Crippen LogP contribution >= 0.6 is 27.5 Å². The van der Waals surface area contributed by atoms with E-state index in [0.717, 1.165) is 0 Å². The second kappa shape index (κ2) is 5.99. The minimum Gasteiger partial charge on any atom is -0.480 e. The van der Waals surface area contributed by atoms with Gasteiger partial charge in [-0.05, 0) is 28.1 Å². The molecule has 0 aliphatic heterocycles. The molecule has 1 amide bonds. The van der Waals surface area contributed by atoms with Crippen molar-refractivity contribution in [2.45, 2.75) is 0 Å². The van der Waals surface area contributed by atoms with E-state index in [9.17, 15) is 4.79 Å². The van der Waals surface area contributed by atoms with Gasteiger partial charge in [0.1, 0.15) is 11.9 Å². The van der Waals surface area contributed by atoms with E-state index in [4.69, 9.17) is 16.3 Å². The molecule has 0 saturated carbocycles. The van der Waals surface area contributed by atoms with Crippen molar-refractivity contribution in [3.63, 3.8) is 0 Å². The van der Waals surface area contributed by atoms with E-state index in [1.807, 2.05) is 0 Å². The van der Waals surface area contributed by atoms with Crippen LogP contribution in [-0.4, -0.2) is 23.0 Å². The number of benzene rings is 1. The quantitative estimate of drug-likeness (QED) is 0.930. The second-order valence-corrected chi connectivity index (χ2v) is 4.76. The topological polar surface area (TPSA) is 64.1 Å². The van der Waals surface area contributed by atoms with Gasteiger partial charge in [-0.2, -0.15) is 0 Å². The van der Waals surface area contributed by atoms with Crippen LogP contribution in [0.25, 0.3) is 0 Å². The first-order valence-electron chi connectivity index (χ1n) is 5.23. The van der Waals surface area contributed by atoms with Crippen LogP contribution in [0.4, 0.5) is 5.69 Å². The fourth-order valence-electron chi connectivity index (χ4n) is 1.43. The number of aromatic nitrogens is 2. The number of carbonyl (C=O) groups is 1. The standard InChI is InChI=1S/C12H9BrClN3O2/c1-19-12-7(5-15-6-16-12)11(18)17-10-8(13)3-2-4-9(10)14/h2-6H,1H3,(H,17,18). The third-order valence-electron chi connectivity index (χ3n) is 2.31. The smallest absolute Gasteiger partial charge is 0.262 e. The van der Waals surface area contributed by atoms with Crippen LogP contribution in [0.1, 0.15) is 10.4 Å². The molecule has 0 fully saturated rings. The summed E-state index contributed by atoms with van der Waals surface area (Å²) in [6.45, 7) is 0. The van der Waals surface area contributed by atoms with Gasteiger partial charge in [-0.15, -0.1) is 0 Å². The molecule has 0 unspecified atom stereocenters. The van der Waals surface area contributed by atoms with Crippen LogP contribution in [0.3, 0.4) is 0 Å². The van der Waals surface area contributed by atoms with Crippen molar-refractivity contribution < 1.29 is 9.53 Å². The SMILES string of the molecule is COc1ncncc1C(=O)Nc1c(Cl)cccc1Br. The highest BCUT2D eigenvalue weighted by molar-refractivity contribution is 9.10. The minimum atomic E-state index is -0.397. The van der Waals surface area contributed by atoms with Crippen molar-refractivity contribution in [3.05, 3.63) is 45.8 Å². The molecule has 7 heteroatoms. The van der Waals surface area contributed by atoms with Crippen LogP contribution in [-0.2, 0) is 0 Å². The van der Waals surface area contributed by atoms with Gasteiger partial charge in [0.05, 0.1) is 17.8 Å². The molecule has 2 aromatic rings. The summed E-state index contributed by atoms with van der Waals surface area (Å²) in [4.78, 5) is 19.8. The third kappa shape index (κ3) is 3.02. The molecule has 1 aromatic heterocycles. The summed E-state index contributed by atoms with van der Waals surface area (Å²) >= 11 is 9.35. The van der Waals surface area contributed by atoms with Crippen LogP contribution in [0.15, 0.2) is 35.2 Å². The minimum absolute atomic E-state index is 0.204. The lowest BCUT2D eigenvalue weighted by Gasteiger charge is -2.10. The maximum atomic E-state index is 12.1. The number of para-hydroxylation sites is 1. The number of ether oxygens (including phenoxy) is 1. The molecule has 19 heavy (non-hydrogen) atoms. The molecule has 0 radical (unpaired) electrons. The lowest BCUT2D eigenvalue weighted by atomic mass is 10.2. The van der Waals surface area contributed by atoms with Gasteiger partial charge >= 0.3 is 0 Å². The molecule has 98 valence electrons. The van der Waals surface area contributed by atoms with Gasteiger partial charge in [0.15, 0.2) is 0 Å². The summed E-state index contributed by atoms with van der Waals surface area (Å²) in [5, 5.41) is 3.12. The molecule has 1 aromatic carbocycles. The number of hydrogen-bond acceptors (Lipinski definition) is 4. The first-order valence-corrected chi connectivity index (χ1v) is 6.40. The number of amides is 1. The Kier molecular flexibility index (Phi) is 4.34. The lowest BCUT2D eigenvalue weighted by Crippen LogP contribution is -2.14. The summed E-state index contributed by atoms with van der Waals surface area (Å²) in [6.07, 6.45) is 2.69. The molecule has 0 spiro atoms. The highest BCUT2D eigenvalue weighted by Crippen LogP contribution is 2.30. The Balaban J connectivity index is 2.31. The van der Waals surface area contributed by atoms with Crippen LogP contribution in [0.2, 0.25) is 5.02 Å². The molecular weight excluding hydrogens is 334 g/mol. The van der Waals surface area contributed by atoms with E-state index in [0.29, 0.717) is 15.2 Å². The van der Waals surface area contributed by atoms with Gasteiger partial charge in [0.25, 0.3) is 5.91 Å². The van der Waals surface area contributed by atoms with Gasteiger partial charge in [0.2, 0.25) is 5.88 Å². The van der Waals surface area contributed by atoms with E-state index in [1.54, 1.807) is 18.2 Å². The van der Waals surface area contributed by atoms with Crippen molar-refractivity contribution >= 4 is 39.1 Å². The van der Waals surface area contributed by atoms with Crippen LogP contribution < -0.4 is 10.1 Å². The number of rotatable bonds is 3. The molecule has 1 heterocycles. The normalized spacial score (nSPS) is 10.1. The van der Waals surface area contributed by atoms with E-state index in [1.165, 1.54) is 19.6 Å². The van der Waals surface area contributed by atoms with Gasteiger partial charge in [-0.25, -0.2) is 9.97 Å². The molecule has 2 rings (SSSR count). The summed E-state index contributed by atoms with van der Waals surface area (Å²) in [5.41, 5.74) is 0.719. The van der Waals surface area contributed by atoms with Gasteiger partial charge in [-0.3, -0.25) is 4.79 Å². The summed E-state index contributed by atoms with van der Waals surface area (Å²) in [5.74, 6) is -0.193. The first kappa shape index (κ1) is 13.8. The Hall–Kier alpha value is -1.66. The lowest BCUT2D eigenvalue weighted by molar-refractivity contribution is 0.102. The molecule has 1 N–H and O–H groups in total. The van der Waals surface area contributed by atoms with E-state index >= 15 is 0 Å². The number of halogens is 2. The van der Waals surface area contributed by atoms with Crippen molar-refractivity contribution in [1.82, 2.24) is 9.97 Å². The number of nitrogens with zero attached hydrogens (tertiary/aromatic N) is 2. The highest BCUT2D eigenvalue weighted by atomic mass is 79.9. The van der Waals surface area contributed by atoms with Gasteiger partial charge in [-0.1, -0.05) is 17.7 Å². The zero-order valence-corrected chi connectivity index (χ0v) is 12.2. The predicted octanol–water partition coefficient (Wildman–Crippen LogP) is 3.15. The number of anilines is 1. The Bertz CT molecular complexity index is 601. The molecular formula is C12H9BrClN3O2. The van der Waals surface area contributed by atoms with Crippen LogP contribution in [0, 0.1) is 0 Å². The molecule has 0 saturated heterocycles. The van der Waals surface area contributed by atoms with E-state index in [2.05, 4.69) is 31.2 Å². The number of carbonyl (C=O) groups excluding carboxylic acids is 1. The predicted molar refractivity (Wildman–Crippen MR) is 75.7 cm³/mol. The molecule has 5 nitrogen and oxygen atoms in total. The van der Waals surface area contributed by atoms with Gasteiger partial charge in [0, 0.05) is 10.7 Å². The molecule has 0 aliphatic carbocycles. The summed E-state index contributed by atoms with van der Waals surface area (Å²) in [7, 11) is 1.44. The Morgan fingerprint density at radius 2 is 2.26 bits per heavy atom. The number of hydrogen-bond donors (Lipinski definition) is 1. The number of methoxy groups -OCH3 is 1. The Morgan fingerprint density at radius 3 is 2.95 bits per heavy atom.